The fourth-order valence-electron chi connectivity index (χ4n) is 3.21. The van der Waals surface area contributed by atoms with Crippen molar-refractivity contribution in [2.24, 2.45) is 18.4 Å². The molecule has 0 spiro atoms. The highest BCUT2D eigenvalue weighted by Gasteiger charge is 2.57. The third-order valence-corrected chi connectivity index (χ3v) is 4.59. The molecule has 0 N–H and O–H groups in total. The van der Waals surface area contributed by atoms with Crippen LogP contribution in [-0.2, 0) is 21.3 Å². The van der Waals surface area contributed by atoms with Gasteiger partial charge in [-0.25, -0.2) is 0 Å². The van der Waals surface area contributed by atoms with Gasteiger partial charge >= 0.3 is 5.97 Å². The molecule has 2 aliphatic heterocycles. The average Bonchev–Trinajstić information content (AvgIpc) is 3.10. The minimum absolute atomic E-state index is 0.00120. The number of hydrogen-bond donors (Lipinski definition) is 0. The number of carbonyl (C=O) groups is 2. The van der Waals surface area contributed by atoms with Gasteiger partial charge in [0.1, 0.15) is 5.41 Å². The monoisotopic (exact) mass is 293 g/mol. The lowest BCUT2D eigenvalue weighted by molar-refractivity contribution is -0.153. The number of aryl methyl sites for hydroxylation is 2. The molecule has 1 amide bonds. The fraction of sp³-hybridized carbons (Fsp3) is 0.643. The molecule has 2 saturated heterocycles. The Hall–Kier alpha value is -1.89. The van der Waals surface area contributed by atoms with E-state index in [1.54, 1.807) is 22.7 Å². The Morgan fingerprint density at radius 3 is 2.90 bits per heavy atom. The fourth-order valence-corrected chi connectivity index (χ4v) is 3.21. The third kappa shape index (κ3) is 2.03. The number of likely N-dealkylation sites (tertiary alicyclic amines) is 1. The van der Waals surface area contributed by atoms with E-state index < -0.39 is 5.41 Å². The highest BCUT2D eigenvalue weighted by molar-refractivity contribution is 5.93. The van der Waals surface area contributed by atoms with E-state index in [1.165, 1.54) is 7.11 Å². The molecule has 21 heavy (non-hydrogen) atoms. The maximum Gasteiger partial charge on any atom is 0.316 e. The topological polar surface area (TPSA) is 73.7 Å². The zero-order valence-electron chi connectivity index (χ0n) is 12.5. The van der Waals surface area contributed by atoms with Gasteiger partial charge in [-0.3, -0.25) is 14.3 Å². The molecule has 1 aromatic rings. The van der Waals surface area contributed by atoms with Gasteiger partial charge in [-0.05, 0) is 13.0 Å². The molecule has 3 heterocycles. The van der Waals surface area contributed by atoms with Gasteiger partial charge in [0.2, 0.25) is 0 Å². The van der Waals surface area contributed by atoms with E-state index in [0.29, 0.717) is 32.0 Å². The predicted molar refractivity (Wildman–Crippen MR) is 72.6 cm³/mol. The quantitative estimate of drug-likeness (QED) is 0.717. The molecule has 2 atom stereocenters. The van der Waals surface area contributed by atoms with Crippen LogP contribution in [0.15, 0.2) is 6.07 Å². The van der Waals surface area contributed by atoms with Gasteiger partial charge in [-0.1, -0.05) is 0 Å². The molecule has 2 fully saturated rings. The molecule has 7 nitrogen and oxygen atoms in total. The smallest absolute Gasteiger partial charge is 0.316 e. The van der Waals surface area contributed by atoms with Crippen LogP contribution >= 0.6 is 0 Å². The number of esters is 1. The zero-order chi connectivity index (χ0) is 15.2. The van der Waals surface area contributed by atoms with Crippen LogP contribution in [0.4, 0.5) is 0 Å². The van der Waals surface area contributed by atoms with Crippen molar-refractivity contribution in [1.82, 2.24) is 14.7 Å². The van der Waals surface area contributed by atoms with Crippen molar-refractivity contribution in [1.29, 1.82) is 0 Å². The number of ether oxygens (including phenoxy) is 2. The number of carbonyl (C=O) groups excluding carboxylic acids is 2. The van der Waals surface area contributed by atoms with E-state index >= 15 is 0 Å². The Kier molecular flexibility index (Phi) is 3.24. The number of nitrogens with zero attached hydrogens (tertiary/aromatic N) is 3. The molecule has 0 saturated carbocycles. The molecule has 2 aliphatic rings. The average molecular weight is 293 g/mol. The molecule has 114 valence electrons. The van der Waals surface area contributed by atoms with Crippen LogP contribution < -0.4 is 0 Å². The summed E-state index contributed by atoms with van der Waals surface area (Å²) >= 11 is 0. The van der Waals surface area contributed by atoms with Gasteiger partial charge < -0.3 is 14.4 Å². The second kappa shape index (κ2) is 4.84. The summed E-state index contributed by atoms with van der Waals surface area (Å²) in [5.41, 5.74) is 0.619. The molecule has 1 aromatic heterocycles. The summed E-state index contributed by atoms with van der Waals surface area (Å²) in [6, 6.07) is 1.76. The normalized spacial score (nSPS) is 27.8. The van der Waals surface area contributed by atoms with Crippen molar-refractivity contribution in [2.75, 3.05) is 33.4 Å². The van der Waals surface area contributed by atoms with E-state index in [2.05, 4.69) is 5.10 Å². The van der Waals surface area contributed by atoms with Crippen LogP contribution in [0.2, 0.25) is 0 Å². The second-order valence-corrected chi connectivity index (χ2v) is 5.84. The zero-order valence-corrected chi connectivity index (χ0v) is 12.5. The number of hydrogen-bond acceptors (Lipinski definition) is 5. The first-order valence-corrected chi connectivity index (χ1v) is 6.94. The van der Waals surface area contributed by atoms with Crippen molar-refractivity contribution in [3.63, 3.8) is 0 Å². The third-order valence-electron chi connectivity index (χ3n) is 4.59. The minimum atomic E-state index is -0.714. The number of rotatable bonds is 2. The summed E-state index contributed by atoms with van der Waals surface area (Å²) in [6.45, 7) is 3.53. The highest BCUT2D eigenvalue weighted by atomic mass is 16.5. The first-order valence-electron chi connectivity index (χ1n) is 6.94. The molecule has 0 aliphatic carbocycles. The van der Waals surface area contributed by atoms with Crippen LogP contribution in [0.5, 0.6) is 0 Å². The van der Waals surface area contributed by atoms with Gasteiger partial charge in [0.25, 0.3) is 5.91 Å². The van der Waals surface area contributed by atoms with E-state index in [1.807, 2.05) is 6.92 Å². The first-order chi connectivity index (χ1) is 9.98. The molecule has 7 heteroatoms. The van der Waals surface area contributed by atoms with Gasteiger partial charge in [0.05, 0.1) is 20.3 Å². The van der Waals surface area contributed by atoms with Crippen molar-refractivity contribution in [3.05, 3.63) is 17.5 Å². The Bertz CT molecular complexity index is 578. The summed E-state index contributed by atoms with van der Waals surface area (Å²) in [5, 5.41) is 4.21. The number of methoxy groups -OCH3 is 1. The van der Waals surface area contributed by atoms with E-state index in [0.717, 1.165) is 5.69 Å². The van der Waals surface area contributed by atoms with Gasteiger partial charge in [-0.2, -0.15) is 5.10 Å². The Labute approximate surface area is 122 Å². The summed E-state index contributed by atoms with van der Waals surface area (Å²) in [4.78, 5) is 26.4. The standard InChI is InChI=1S/C14H19N3O4/c1-9-4-11(15-16(9)2)12(18)17-5-10-6-21-8-14(10,7-17)13(19)20-3/h4,10H,5-8H2,1-3H3/t10-,14-/m0/s1. The summed E-state index contributed by atoms with van der Waals surface area (Å²) < 4.78 is 12.0. The molecule has 0 unspecified atom stereocenters. The van der Waals surface area contributed by atoms with E-state index in [-0.39, 0.29) is 17.8 Å². The Morgan fingerprint density at radius 1 is 1.52 bits per heavy atom. The first kappa shape index (κ1) is 14.1. The van der Waals surface area contributed by atoms with Crippen molar-refractivity contribution >= 4 is 11.9 Å². The van der Waals surface area contributed by atoms with Gasteiger partial charge in [-0.15, -0.1) is 0 Å². The lowest BCUT2D eigenvalue weighted by atomic mass is 9.81. The predicted octanol–water partition coefficient (Wildman–Crippen LogP) is -0.00988. The van der Waals surface area contributed by atoms with Crippen LogP contribution in [0.1, 0.15) is 16.2 Å². The van der Waals surface area contributed by atoms with Crippen LogP contribution in [0.3, 0.4) is 0 Å². The lowest BCUT2D eigenvalue weighted by Crippen LogP contribution is -2.41. The van der Waals surface area contributed by atoms with Gasteiger partial charge in [0.15, 0.2) is 5.69 Å². The molecule has 0 radical (unpaired) electrons. The molecule has 0 aromatic carbocycles. The van der Waals surface area contributed by atoms with E-state index in [4.69, 9.17) is 9.47 Å². The van der Waals surface area contributed by atoms with Crippen LogP contribution in [-0.4, -0.2) is 60.0 Å². The molecular weight excluding hydrogens is 274 g/mol. The van der Waals surface area contributed by atoms with Crippen molar-refractivity contribution < 1.29 is 19.1 Å². The van der Waals surface area contributed by atoms with Crippen molar-refractivity contribution in [2.45, 2.75) is 6.92 Å². The molecular formula is C14H19N3O4. The second-order valence-electron chi connectivity index (χ2n) is 5.84. The largest absolute Gasteiger partial charge is 0.468 e. The highest BCUT2D eigenvalue weighted by Crippen LogP contribution is 2.42. The SMILES string of the molecule is COC(=O)[C@@]12COC[C@@H]1CN(C(=O)c1cc(C)n(C)n1)C2. The van der Waals surface area contributed by atoms with E-state index in [9.17, 15) is 9.59 Å². The maximum atomic E-state index is 12.6. The Morgan fingerprint density at radius 2 is 2.29 bits per heavy atom. The minimum Gasteiger partial charge on any atom is -0.468 e. The van der Waals surface area contributed by atoms with Crippen LogP contribution in [0, 0.1) is 18.3 Å². The summed E-state index contributed by atoms with van der Waals surface area (Å²) in [7, 11) is 3.17. The molecule has 0 bridgehead atoms. The lowest BCUT2D eigenvalue weighted by Gasteiger charge is -2.23. The Balaban J connectivity index is 1.83. The van der Waals surface area contributed by atoms with Crippen LogP contribution in [0.25, 0.3) is 0 Å². The molecule has 3 rings (SSSR count). The number of aromatic nitrogens is 2. The van der Waals surface area contributed by atoms with Crippen molar-refractivity contribution in [3.8, 4) is 0 Å². The number of fused-ring (bicyclic) bond motifs is 1. The maximum absolute atomic E-state index is 12.6. The number of amides is 1. The van der Waals surface area contributed by atoms with Gasteiger partial charge in [0, 0.05) is 31.7 Å². The summed E-state index contributed by atoms with van der Waals surface area (Å²) in [5.74, 6) is -0.437. The summed E-state index contributed by atoms with van der Waals surface area (Å²) in [6.07, 6.45) is 0.